The topological polar surface area (TPSA) is 54.2 Å². The van der Waals surface area contributed by atoms with Crippen LogP contribution in [0.4, 0.5) is 11.6 Å². The quantitative estimate of drug-likeness (QED) is 0.779. The number of nitrogens with one attached hydrogen (secondary N) is 2. The maximum Gasteiger partial charge on any atom is 0.180 e. The first-order valence-corrected chi connectivity index (χ1v) is 8.14. The first-order chi connectivity index (χ1) is 10.3. The summed E-state index contributed by atoms with van der Waals surface area (Å²) in [6.07, 6.45) is 12.0. The number of aromatic nitrogens is 3. The van der Waals surface area contributed by atoms with Crippen molar-refractivity contribution in [1.29, 1.82) is 0 Å². The molecule has 1 unspecified atom stereocenters. The maximum atomic E-state index is 4.72. The molecule has 0 spiro atoms. The van der Waals surface area contributed by atoms with E-state index in [-0.39, 0.29) is 0 Å². The van der Waals surface area contributed by atoms with E-state index < -0.39 is 0 Å². The Hall–Kier alpha value is -1.78. The smallest absolute Gasteiger partial charge is 0.180 e. The molecule has 1 fully saturated rings. The summed E-state index contributed by atoms with van der Waals surface area (Å²) in [5.74, 6) is 2.72. The van der Waals surface area contributed by atoms with Crippen LogP contribution in [0.25, 0.3) is 5.65 Å². The second-order valence-electron chi connectivity index (χ2n) is 5.99. The number of rotatable bonds is 8. The van der Waals surface area contributed by atoms with Crippen LogP contribution in [-0.2, 0) is 0 Å². The van der Waals surface area contributed by atoms with Gasteiger partial charge in [-0.25, -0.2) is 9.97 Å². The van der Waals surface area contributed by atoms with E-state index in [1.165, 1.54) is 19.3 Å². The molecule has 1 saturated carbocycles. The Morgan fingerprint density at radius 3 is 2.95 bits per heavy atom. The molecule has 1 aliphatic rings. The van der Waals surface area contributed by atoms with Gasteiger partial charge in [-0.3, -0.25) is 0 Å². The number of hydrogen-bond acceptors (Lipinski definition) is 4. The Balaban J connectivity index is 1.82. The fourth-order valence-electron chi connectivity index (χ4n) is 2.64. The number of imidazole rings is 1. The largest absolute Gasteiger partial charge is 0.369 e. The molecule has 1 aliphatic carbocycles. The van der Waals surface area contributed by atoms with Crippen molar-refractivity contribution in [2.75, 3.05) is 17.2 Å². The normalized spacial score (nSPS) is 16.1. The van der Waals surface area contributed by atoms with Crippen molar-refractivity contribution in [3.63, 3.8) is 0 Å². The third-order valence-corrected chi connectivity index (χ3v) is 4.08. The van der Waals surface area contributed by atoms with Gasteiger partial charge in [0.15, 0.2) is 11.5 Å². The van der Waals surface area contributed by atoms with Crippen LogP contribution in [0.1, 0.15) is 46.0 Å². The lowest BCUT2D eigenvalue weighted by Gasteiger charge is -2.18. The Morgan fingerprint density at radius 1 is 1.38 bits per heavy atom. The van der Waals surface area contributed by atoms with Gasteiger partial charge in [0.2, 0.25) is 0 Å². The van der Waals surface area contributed by atoms with E-state index in [0.717, 1.165) is 42.6 Å². The van der Waals surface area contributed by atoms with E-state index in [0.29, 0.717) is 6.04 Å². The van der Waals surface area contributed by atoms with Crippen LogP contribution >= 0.6 is 0 Å². The Bertz CT molecular complexity index is 587. The standard InChI is InChI=1S/C16H25N5/c1-3-7-17-14-11-21-9-8-18-16(21)15(20-14)19-13(4-2)10-12-5-6-12/h8-9,11-13,17H,3-7,10H2,1-2H3,(H,19,20). The highest BCUT2D eigenvalue weighted by Gasteiger charge is 2.25. The van der Waals surface area contributed by atoms with E-state index in [2.05, 4.69) is 29.5 Å². The van der Waals surface area contributed by atoms with Gasteiger partial charge in [0.05, 0.1) is 6.20 Å². The fourth-order valence-corrected chi connectivity index (χ4v) is 2.64. The zero-order valence-corrected chi connectivity index (χ0v) is 13.0. The molecule has 2 aromatic heterocycles. The summed E-state index contributed by atoms with van der Waals surface area (Å²) >= 11 is 0. The van der Waals surface area contributed by atoms with Gasteiger partial charge >= 0.3 is 0 Å². The molecule has 114 valence electrons. The predicted molar refractivity (Wildman–Crippen MR) is 86.8 cm³/mol. The van der Waals surface area contributed by atoms with Crippen molar-refractivity contribution in [2.24, 2.45) is 5.92 Å². The molecular formula is C16H25N5. The summed E-state index contributed by atoms with van der Waals surface area (Å²) in [6, 6.07) is 0.493. The molecule has 0 aliphatic heterocycles. The molecule has 2 heterocycles. The molecule has 0 radical (unpaired) electrons. The van der Waals surface area contributed by atoms with Crippen LogP contribution in [0.15, 0.2) is 18.6 Å². The zero-order valence-electron chi connectivity index (χ0n) is 13.0. The van der Waals surface area contributed by atoms with Crippen molar-refractivity contribution in [3.05, 3.63) is 18.6 Å². The molecule has 1 atom stereocenters. The monoisotopic (exact) mass is 287 g/mol. The third kappa shape index (κ3) is 3.46. The third-order valence-electron chi connectivity index (χ3n) is 4.08. The number of fused-ring (bicyclic) bond motifs is 1. The highest BCUT2D eigenvalue weighted by atomic mass is 15.2. The van der Waals surface area contributed by atoms with Crippen LogP contribution in [0.3, 0.4) is 0 Å². The van der Waals surface area contributed by atoms with Gasteiger partial charge in [-0.05, 0) is 25.2 Å². The van der Waals surface area contributed by atoms with Crippen molar-refractivity contribution < 1.29 is 0 Å². The van der Waals surface area contributed by atoms with Crippen molar-refractivity contribution in [3.8, 4) is 0 Å². The number of nitrogens with zero attached hydrogens (tertiary/aromatic N) is 3. The van der Waals surface area contributed by atoms with Gasteiger partial charge in [0.1, 0.15) is 5.82 Å². The minimum absolute atomic E-state index is 0.493. The van der Waals surface area contributed by atoms with Gasteiger partial charge in [-0.15, -0.1) is 0 Å². The maximum absolute atomic E-state index is 4.72. The number of hydrogen-bond donors (Lipinski definition) is 2. The van der Waals surface area contributed by atoms with E-state index in [4.69, 9.17) is 4.98 Å². The summed E-state index contributed by atoms with van der Waals surface area (Å²) in [4.78, 5) is 9.15. The lowest BCUT2D eigenvalue weighted by atomic mass is 10.1. The molecule has 2 N–H and O–H groups in total. The first-order valence-electron chi connectivity index (χ1n) is 8.14. The fraction of sp³-hybridized carbons (Fsp3) is 0.625. The first kappa shape index (κ1) is 14.2. The van der Waals surface area contributed by atoms with Gasteiger partial charge in [0, 0.05) is 25.0 Å². The second kappa shape index (κ2) is 6.33. The van der Waals surface area contributed by atoms with Crippen molar-refractivity contribution in [2.45, 2.75) is 52.0 Å². The van der Waals surface area contributed by atoms with Crippen molar-refractivity contribution >= 4 is 17.3 Å². The van der Waals surface area contributed by atoms with Crippen LogP contribution in [0, 0.1) is 5.92 Å². The summed E-state index contributed by atoms with van der Waals surface area (Å²) in [5.41, 5.74) is 0.909. The van der Waals surface area contributed by atoms with Crippen LogP contribution < -0.4 is 10.6 Å². The average molecular weight is 287 g/mol. The molecule has 5 heteroatoms. The van der Waals surface area contributed by atoms with Crippen LogP contribution in [0.5, 0.6) is 0 Å². The number of anilines is 2. The average Bonchev–Trinajstić information content (AvgIpc) is 3.18. The van der Waals surface area contributed by atoms with Gasteiger partial charge < -0.3 is 15.0 Å². The molecule has 0 aromatic carbocycles. The Kier molecular flexibility index (Phi) is 4.27. The van der Waals surface area contributed by atoms with Gasteiger partial charge in [-0.2, -0.15) is 0 Å². The molecule has 0 bridgehead atoms. The molecule has 3 rings (SSSR count). The minimum Gasteiger partial charge on any atom is -0.369 e. The SMILES string of the molecule is CCCNc1cn2ccnc2c(NC(CC)CC2CC2)n1. The van der Waals surface area contributed by atoms with Crippen LogP contribution in [0.2, 0.25) is 0 Å². The van der Waals surface area contributed by atoms with Crippen LogP contribution in [-0.4, -0.2) is 27.0 Å². The molecule has 0 amide bonds. The predicted octanol–water partition coefficient (Wildman–Crippen LogP) is 3.54. The van der Waals surface area contributed by atoms with Gasteiger partial charge in [0.25, 0.3) is 0 Å². The summed E-state index contributed by atoms with van der Waals surface area (Å²) in [7, 11) is 0. The zero-order chi connectivity index (χ0) is 14.7. The van der Waals surface area contributed by atoms with E-state index in [9.17, 15) is 0 Å². The Morgan fingerprint density at radius 2 is 2.24 bits per heavy atom. The van der Waals surface area contributed by atoms with Gasteiger partial charge in [-0.1, -0.05) is 26.7 Å². The molecule has 0 saturated heterocycles. The Labute approximate surface area is 126 Å². The molecular weight excluding hydrogens is 262 g/mol. The summed E-state index contributed by atoms with van der Waals surface area (Å²) < 4.78 is 2.04. The van der Waals surface area contributed by atoms with E-state index in [1.807, 2.05) is 23.0 Å². The lowest BCUT2D eigenvalue weighted by Crippen LogP contribution is -2.21. The summed E-state index contributed by atoms with van der Waals surface area (Å²) in [5, 5.41) is 6.97. The lowest BCUT2D eigenvalue weighted by molar-refractivity contribution is 0.585. The highest BCUT2D eigenvalue weighted by Crippen LogP contribution is 2.35. The summed E-state index contributed by atoms with van der Waals surface area (Å²) in [6.45, 7) is 5.33. The molecule has 2 aromatic rings. The second-order valence-corrected chi connectivity index (χ2v) is 5.99. The molecule has 21 heavy (non-hydrogen) atoms. The van der Waals surface area contributed by atoms with E-state index >= 15 is 0 Å². The minimum atomic E-state index is 0.493. The highest BCUT2D eigenvalue weighted by molar-refractivity contribution is 5.65. The van der Waals surface area contributed by atoms with Crippen molar-refractivity contribution in [1.82, 2.24) is 14.4 Å². The van der Waals surface area contributed by atoms with E-state index in [1.54, 1.807) is 0 Å². The molecule has 5 nitrogen and oxygen atoms in total.